The number of hydrogen-bond donors (Lipinski definition) is 9. The van der Waals surface area contributed by atoms with E-state index in [1.54, 1.807) is 38.2 Å². The third kappa shape index (κ3) is 27.7. The first-order chi connectivity index (χ1) is 37.2. The topological polar surface area (TPSA) is 336 Å². The predicted octanol–water partition coefficient (Wildman–Crippen LogP) is 0.419. The molecule has 24 nitrogen and oxygen atoms in total. The first-order valence-corrected chi connectivity index (χ1v) is 29.5. The molecule has 10 N–H and O–H groups in total. The van der Waals surface area contributed by atoms with Crippen LogP contribution >= 0.6 is 23.5 Å². The zero-order valence-electron chi connectivity index (χ0n) is 46.1. The molecule has 0 spiro atoms. The number of aliphatic carboxylic acids is 3. The van der Waals surface area contributed by atoms with E-state index >= 15 is 0 Å². The smallest absolute Gasteiger partial charge is 0.317 e. The Morgan fingerprint density at radius 2 is 1.13 bits per heavy atom. The van der Waals surface area contributed by atoms with Crippen molar-refractivity contribution in [1.82, 2.24) is 51.2 Å². The standard InChI is InChI=1S/C52H87N11O13S2/c1-5-38(4)48(49(53)73)58-50(74)41(30-37(2)3)57-51(75)52(14-26-76-27-15-52)59-43(65)13-29-78-36-40-11-9-10-39(56-40)35-77-28-12-42(64)54-16-7-6-8-17-55-44(66)31-60-18-20-61(32-45(67)68)22-24-63(34-47(71)72)25-23-62(21-19-60)33-46(69)70/h9-11,37-38,41,48H,5-8,12-36H2,1-4H3,(H2,53,73)(H,54,64)(H,55,66)(H,57,75)(H,58,74)(H,59,65)(H,67,68)(H,69,70)(H,71,72)/t38-,41-,48-/m0/s1. The Morgan fingerprint density at radius 3 is 1.58 bits per heavy atom. The molecule has 0 radical (unpaired) electrons. The molecule has 2 aliphatic rings. The summed E-state index contributed by atoms with van der Waals surface area (Å²) < 4.78 is 5.54. The lowest BCUT2D eigenvalue weighted by Crippen LogP contribution is -2.64. The maximum Gasteiger partial charge on any atom is 0.317 e. The lowest BCUT2D eigenvalue weighted by atomic mass is 9.87. The number of aromatic nitrogens is 1. The maximum atomic E-state index is 13.9. The first kappa shape index (κ1) is 67.2. The van der Waals surface area contributed by atoms with Gasteiger partial charge in [-0.2, -0.15) is 23.5 Å². The summed E-state index contributed by atoms with van der Waals surface area (Å²) in [6.45, 7) is 10.9. The Hall–Kier alpha value is -5.12. The number of nitrogens with zero attached hydrogens (tertiary/aromatic N) is 5. The van der Waals surface area contributed by atoms with Crippen molar-refractivity contribution in [1.29, 1.82) is 0 Å². The molecule has 3 heterocycles. The fourth-order valence-corrected chi connectivity index (χ4v) is 10.5. The molecule has 0 saturated carbocycles. The first-order valence-electron chi connectivity index (χ1n) is 27.2. The van der Waals surface area contributed by atoms with Gasteiger partial charge in [0.25, 0.3) is 0 Å². The van der Waals surface area contributed by atoms with Gasteiger partial charge in [0.2, 0.25) is 35.4 Å². The average Bonchev–Trinajstić information content (AvgIpc) is 3.39. The van der Waals surface area contributed by atoms with Crippen LogP contribution in [0.25, 0.3) is 0 Å². The molecule has 6 amide bonds. The maximum absolute atomic E-state index is 13.9. The van der Waals surface area contributed by atoms with Crippen molar-refractivity contribution in [2.75, 3.05) is 116 Å². The van der Waals surface area contributed by atoms with Gasteiger partial charge in [-0.1, -0.05) is 40.2 Å². The number of carboxylic acid groups (broad SMARTS) is 3. The summed E-state index contributed by atoms with van der Waals surface area (Å²) in [7, 11) is 0. The van der Waals surface area contributed by atoms with E-state index in [0.29, 0.717) is 101 Å². The number of unbranched alkanes of at least 4 members (excludes halogenated alkanes) is 2. The number of nitrogens with two attached hydrogens (primary N) is 1. The van der Waals surface area contributed by atoms with Gasteiger partial charge in [0.05, 0.1) is 37.6 Å². The van der Waals surface area contributed by atoms with Gasteiger partial charge in [-0.15, -0.1) is 0 Å². The molecule has 3 atom stereocenters. The molecule has 0 unspecified atom stereocenters. The molecule has 1 aromatic heterocycles. The largest absolute Gasteiger partial charge is 0.480 e. The number of primary amides is 1. The summed E-state index contributed by atoms with van der Waals surface area (Å²) in [6.07, 6.45) is 4.13. The molecule has 0 aromatic carbocycles. The van der Waals surface area contributed by atoms with Gasteiger partial charge in [-0.3, -0.25) is 67.7 Å². The quantitative estimate of drug-likeness (QED) is 0.0422. The molecule has 26 heteroatoms. The van der Waals surface area contributed by atoms with E-state index in [4.69, 9.17) is 15.5 Å². The summed E-state index contributed by atoms with van der Waals surface area (Å²) in [5.74, 6) is -3.13. The van der Waals surface area contributed by atoms with Crippen LogP contribution < -0.4 is 32.3 Å². The molecule has 78 heavy (non-hydrogen) atoms. The second-order valence-corrected chi connectivity index (χ2v) is 22.7. The average molecular weight is 1140 g/mol. The zero-order valence-corrected chi connectivity index (χ0v) is 47.7. The molecule has 0 aliphatic carbocycles. The second-order valence-electron chi connectivity index (χ2n) is 20.4. The number of hydrogen-bond acceptors (Lipinski definition) is 17. The van der Waals surface area contributed by atoms with E-state index in [1.807, 2.05) is 50.8 Å². The van der Waals surface area contributed by atoms with Crippen molar-refractivity contribution in [2.45, 2.75) is 115 Å². The van der Waals surface area contributed by atoms with Gasteiger partial charge in [0.1, 0.15) is 17.6 Å². The van der Waals surface area contributed by atoms with Gasteiger partial charge < -0.3 is 52.4 Å². The number of amides is 6. The van der Waals surface area contributed by atoms with E-state index in [2.05, 4.69) is 26.6 Å². The summed E-state index contributed by atoms with van der Waals surface area (Å²) in [5, 5.41) is 42.8. The Bertz CT molecular complexity index is 2050. The molecule has 2 aliphatic heterocycles. The van der Waals surface area contributed by atoms with E-state index in [1.165, 1.54) is 0 Å². The van der Waals surface area contributed by atoms with Crippen LogP contribution in [-0.4, -0.2) is 227 Å². The van der Waals surface area contributed by atoms with Crippen LogP contribution in [0.1, 0.15) is 96.9 Å². The predicted molar refractivity (Wildman–Crippen MR) is 297 cm³/mol. The Kier molecular flexibility index (Phi) is 31.8. The van der Waals surface area contributed by atoms with Crippen molar-refractivity contribution < 1.29 is 63.2 Å². The van der Waals surface area contributed by atoms with Gasteiger partial charge in [0, 0.05) is 127 Å². The van der Waals surface area contributed by atoms with Gasteiger partial charge in [0.15, 0.2) is 0 Å². The number of pyridine rings is 1. The fourth-order valence-electron chi connectivity index (χ4n) is 8.83. The summed E-state index contributed by atoms with van der Waals surface area (Å²) in [5.41, 5.74) is 6.07. The number of ether oxygens (including phenoxy) is 1. The van der Waals surface area contributed by atoms with Crippen LogP contribution in [0.15, 0.2) is 18.2 Å². The van der Waals surface area contributed by atoms with E-state index in [0.717, 1.165) is 24.2 Å². The number of carboxylic acids is 3. The summed E-state index contributed by atoms with van der Waals surface area (Å²) >= 11 is 3.15. The SMILES string of the molecule is CC[C@H](C)[C@H](NC(=O)[C@H](CC(C)C)NC(=O)C1(NC(=O)CCSCc2cccc(CSCCC(=O)NCCCCCNC(=O)CN3CCN(CC(=O)O)CCN(CC(=O)O)CCN(CC(=O)O)CC3)n2)CCOCC1)C(N)=O. The van der Waals surface area contributed by atoms with Gasteiger partial charge >= 0.3 is 17.9 Å². The number of nitrogens with one attached hydrogen (secondary N) is 5. The van der Waals surface area contributed by atoms with Crippen molar-refractivity contribution in [3.8, 4) is 0 Å². The van der Waals surface area contributed by atoms with Crippen LogP contribution in [0.3, 0.4) is 0 Å². The van der Waals surface area contributed by atoms with Crippen molar-refractivity contribution in [3.63, 3.8) is 0 Å². The fraction of sp³-hybridized carbons (Fsp3) is 0.731. The second kappa shape index (κ2) is 36.9. The lowest BCUT2D eigenvalue weighted by Gasteiger charge is -2.38. The van der Waals surface area contributed by atoms with E-state index in [9.17, 15) is 58.5 Å². The molecule has 1 aromatic rings. The lowest BCUT2D eigenvalue weighted by molar-refractivity contribution is -0.140. The normalized spacial score (nSPS) is 17.3. The summed E-state index contributed by atoms with van der Waals surface area (Å²) in [6, 6.07) is 3.96. The van der Waals surface area contributed by atoms with Crippen LogP contribution in [0.4, 0.5) is 0 Å². The number of carbonyl (C=O) groups excluding carboxylic acids is 6. The molecular formula is C52H87N11O13S2. The van der Waals surface area contributed by atoms with Crippen LogP contribution in [0.5, 0.6) is 0 Å². The molecule has 2 fully saturated rings. The molecule has 2 saturated heterocycles. The van der Waals surface area contributed by atoms with Crippen LogP contribution in [0.2, 0.25) is 0 Å². The third-order valence-electron chi connectivity index (χ3n) is 13.5. The highest BCUT2D eigenvalue weighted by molar-refractivity contribution is 7.98. The van der Waals surface area contributed by atoms with Gasteiger partial charge in [-0.25, -0.2) is 0 Å². The monoisotopic (exact) mass is 1140 g/mol. The highest BCUT2D eigenvalue weighted by Gasteiger charge is 2.43. The zero-order chi connectivity index (χ0) is 57.5. The minimum Gasteiger partial charge on any atom is -0.480 e. The molecular weight excluding hydrogens is 1050 g/mol. The van der Waals surface area contributed by atoms with Crippen molar-refractivity contribution in [2.24, 2.45) is 17.6 Å². The van der Waals surface area contributed by atoms with Crippen LogP contribution in [0, 0.1) is 11.8 Å². The number of carbonyl (C=O) groups is 9. The Morgan fingerprint density at radius 1 is 0.667 bits per heavy atom. The van der Waals surface area contributed by atoms with Crippen molar-refractivity contribution in [3.05, 3.63) is 29.6 Å². The molecule has 0 bridgehead atoms. The highest BCUT2D eigenvalue weighted by atomic mass is 32.2. The van der Waals surface area contributed by atoms with E-state index < -0.39 is 53.3 Å². The minimum absolute atomic E-state index is 0.0391. The number of thioether (sulfide) groups is 2. The molecule has 3 rings (SSSR count). The van der Waals surface area contributed by atoms with Crippen LogP contribution in [-0.2, 0) is 59.4 Å². The minimum atomic E-state index is -1.26. The van der Waals surface area contributed by atoms with Crippen molar-refractivity contribution >= 4 is 76.9 Å². The highest BCUT2D eigenvalue weighted by Crippen LogP contribution is 2.23. The van der Waals surface area contributed by atoms with E-state index in [-0.39, 0.29) is 101 Å². The summed E-state index contributed by atoms with van der Waals surface area (Å²) in [4.78, 5) is 125. The third-order valence-corrected chi connectivity index (χ3v) is 15.5. The molecule has 440 valence electrons. The van der Waals surface area contributed by atoms with Gasteiger partial charge in [-0.05, 0) is 49.7 Å². The Balaban J connectivity index is 1.34. The number of rotatable bonds is 34. The Labute approximate surface area is 467 Å².